The van der Waals surface area contributed by atoms with Crippen LogP contribution in [0.2, 0.25) is 0 Å². The van der Waals surface area contributed by atoms with Gasteiger partial charge >= 0.3 is 0 Å². The molecule has 24 heavy (non-hydrogen) atoms. The minimum atomic E-state index is 0.233. The van der Waals surface area contributed by atoms with E-state index in [0.717, 1.165) is 48.3 Å². The second-order valence-corrected chi connectivity index (χ2v) is 5.98. The molecule has 0 amide bonds. The summed E-state index contributed by atoms with van der Waals surface area (Å²) in [6.45, 7) is 19.3. The first-order chi connectivity index (χ1) is 11.6. The van der Waals surface area contributed by atoms with E-state index in [1.807, 2.05) is 18.2 Å². The molecule has 1 aromatic rings. The predicted molar refractivity (Wildman–Crippen MR) is 110 cm³/mol. The summed E-state index contributed by atoms with van der Waals surface area (Å²) in [4.78, 5) is 2.20. The summed E-state index contributed by atoms with van der Waals surface area (Å²) in [5, 5.41) is 3.55. The fourth-order valence-electron chi connectivity index (χ4n) is 2.74. The quantitative estimate of drug-likeness (QED) is 0.377. The highest BCUT2D eigenvalue weighted by molar-refractivity contribution is 5.81. The SMILES string of the molecule is C=CCCC(C=C)N(C)C(=C)c1c(C=C)cccc1NCCCC. The Balaban J connectivity index is 3.11. The molecule has 0 heterocycles. The largest absolute Gasteiger partial charge is 0.384 e. The molecule has 0 fully saturated rings. The van der Waals surface area contributed by atoms with Gasteiger partial charge in [-0.3, -0.25) is 0 Å². The molecule has 0 aliphatic carbocycles. The zero-order valence-corrected chi connectivity index (χ0v) is 15.4. The number of allylic oxidation sites excluding steroid dienone is 1. The van der Waals surface area contributed by atoms with Gasteiger partial charge in [0.2, 0.25) is 0 Å². The summed E-state index contributed by atoms with van der Waals surface area (Å²) in [6, 6.07) is 6.49. The van der Waals surface area contributed by atoms with Crippen molar-refractivity contribution in [2.75, 3.05) is 18.9 Å². The molecule has 0 bridgehead atoms. The molecule has 1 unspecified atom stereocenters. The summed E-state index contributed by atoms with van der Waals surface area (Å²) in [5.41, 5.74) is 4.32. The van der Waals surface area contributed by atoms with Gasteiger partial charge in [0.1, 0.15) is 0 Å². The topological polar surface area (TPSA) is 15.3 Å². The van der Waals surface area contributed by atoms with E-state index in [-0.39, 0.29) is 6.04 Å². The van der Waals surface area contributed by atoms with Crippen LogP contribution in [0, 0.1) is 0 Å². The van der Waals surface area contributed by atoms with Crippen molar-refractivity contribution in [1.29, 1.82) is 0 Å². The number of benzene rings is 1. The van der Waals surface area contributed by atoms with Crippen molar-refractivity contribution in [1.82, 2.24) is 4.90 Å². The molecule has 0 spiro atoms. The Morgan fingerprint density at radius 3 is 2.62 bits per heavy atom. The highest BCUT2D eigenvalue weighted by atomic mass is 15.1. The molecule has 0 aliphatic heterocycles. The van der Waals surface area contributed by atoms with Crippen molar-refractivity contribution < 1.29 is 0 Å². The number of rotatable bonds is 12. The summed E-state index contributed by atoms with van der Waals surface area (Å²) in [5.74, 6) is 0. The first-order valence-electron chi connectivity index (χ1n) is 8.75. The summed E-state index contributed by atoms with van der Waals surface area (Å²) < 4.78 is 0. The van der Waals surface area contributed by atoms with Crippen LogP contribution in [-0.2, 0) is 0 Å². The number of hydrogen-bond donors (Lipinski definition) is 1. The lowest BCUT2D eigenvalue weighted by Crippen LogP contribution is -2.28. The molecule has 1 atom stereocenters. The van der Waals surface area contributed by atoms with Crippen LogP contribution in [0.3, 0.4) is 0 Å². The number of hydrogen-bond acceptors (Lipinski definition) is 2. The molecular formula is C22H32N2. The zero-order valence-electron chi connectivity index (χ0n) is 15.4. The molecule has 0 saturated carbocycles. The molecule has 2 nitrogen and oxygen atoms in total. The van der Waals surface area contributed by atoms with Gasteiger partial charge in [-0.05, 0) is 30.9 Å². The van der Waals surface area contributed by atoms with Crippen LogP contribution in [0.25, 0.3) is 11.8 Å². The Bertz CT molecular complexity index is 571. The van der Waals surface area contributed by atoms with Crippen LogP contribution >= 0.6 is 0 Å². The standard InChI is InChI=1S/C22H32N2/c1-7-11-15-20(10-4)24(6)18(5)22-19(9-3)14-13-16-21(22)23-17-12-8-2/h7,9-10,13-14,16,20,23H,1,3-5,8,11-12,15,17H2,2,6H3. The fraction of sp³-hybridized carbons (Fsp3) is 0.364. The van der Waals surface area contributed by atoms with Gasteiger partial charge in [-0.25, -0.2) is 0 Å². The second kappa shape index (κ2) is 10.5. The van der Waals surface area contributed by atoms with Gasteiger partial charge in [-0.15, -0.1) is 13.2 Å². The maximum absolute atomic E-state index is 4.36. The molecule has 130 valence electrons. The molecule has 1 N–H and O–H groups in total. The van der Waals surface area contributed by atoms with Crippen molar-refractivity contribution in [3.05, 3.63) is 67.8 Å². The van der Waals surface area contributed by atoms with E-state index in [9.17, 15) is 0 Å². The Hall–Kier alpha value is -2.22. The van der Waals surface area contributed by atoms with E-state index in [1.165, 1.54) is 6.42 Å². The number of unbranched alkanes of at least 4 members (excludes halogenated alkanes) is 1. The zero-order chi connectivity index (χ0) is 17.9. The third-order valence-electron chi connectivity index (χ3n) is 4.31. The average molecular weight is 325 g/mol. The van der Waals surface area contributed by atoms with Crippen LogP contribution in [0.15, 0.2) is 56.7 Å². The minimum Gasteiger partial charge on any atom is -0.384 e. The summed E-state index contributed by atoms with van der Waals surface area (Å²) >= 11 is 0. The number of likely N-dealkylation sites (N-methyl/N-ethyl adjacent to an activating group) is 1. The molecule has 1 rings (SSSR count). The van der Waals surface area contributed by atoms with Crippen LogP contribution in [0.4, 0.5) is 5.69 Å². The van der Waals surface area contributed by atoms with Crippen molar-refractivity contribution >= 4 is 17.5 Å². The smallest absolute Gasteiger partial charge is 0.0470 e. The van der Waals surface area contributed by atoms with Gasteiger partial charge in [-0.1, -0.05) is 56.9 Å². The van der Waals surface area contributed by atoms with Gasteiger partial charge in [-0.2, -0.15) is 0 Å². The maximum Gasteiger partial charge on any atom is 0.0470 e. The first-order valence-corrected chi connectivity index (χ1v) is 8.75. The summed E-state index contributed by atoms with van der Waals surface area (Å²) in [6.07, 6.45) is 10.1. The van der Waals surface area contributed by atoms with Crippen LogP contribution < -0.4 is 5.32 Å². The highest BCUT2D eigenvalue weighted by Gasteiger charge is 2.18. The van der Waals surface area contributed by atoms with Gasteiger partial charge in [0.15, 0.2) is 0 Å². The van der Waals surface area contributed by atoms with E-state index in [4.69, 9.17) is 0 Å². The van der Waals surface area contributed by atoms with Gasteiger partial charge in [0.05, 0.1) is 0 Å². The van der Waals surface area contributed by atoms with E-state index < -0.39 is 0 Å². The Labute approximate surface area is 148 Å². The molecule has 0 saturated heterocycles. The lowest BCUT2D eigenvalue weighted by Gasteiger charge is -2.31. The number of nitrogens with one attached hydrogen (secondary N) is 1. The molecule has 2 heteroatoms. The molecule has 0 aliphatic rings. The second-order valence-electron chi connectivity index (χ2n) is 5.98. The Morgan fingerprint density at radius 1 is 1.29 bits per heavy atom. The lowest BCUT2D eigenvalue weighted by atomic mass is 10.00. The average Bonchev–Trinajstić information content (AvgIpc) is 2.61. The summed E-state index contributed by atoms with van der Waals surface area (Å²) in [7, 11) is 2.08. The number of anilines is 1. The third-order valence-corrected chi connectivity index (χ3v) is 4.31. The normalized spacial score (nSPS) is 11.4. The van der Waals surface area contributed by atoms with Crippen LogP contribution in [0.5, 0.6) is 0 Å². The van der Waals surface area contributed by atoms with Crippen LogP contribution in [-0.4, -0.2) is 24.5 Å². The first kappa shape index (κ1) is 19.8. The molecular weight excluding hydrogens is 292 g/mol. The van der Waals surface area contributed by atoms with E-state index in [1.54, 1.807) is 0 Å². The third kappa shape index (κ3) is 5.16. The lowest BCUT2D eigenvalue weighted by molar-refractivity contribution is 0.388. The van der Waals surface area contributed by atoms with Crippen molar-refractivity contribution in [2.45, 2.75) is 38.6 Å². The van der Waals surface area contributed by atoms with Crippen LogP contribution in [0.1, 0.15) is 43.7 Å². The molecule has 1 aromatic carbocycles. The Kier molecular flexibility index (Phi) is 8.70. The van der Waals surface area contributed by atoms with Crippen molar-refractivity contribution in [3.8, 4) is 0 Å². The molecule has 0 aromatic heterocycles. The Morgan fingerprint density at radius 2 is 2.04 bits per heavy atom. The highest BCUT2D eigenvalue weighted by Crippen LogP contribution is 2.31. The maximum atomic E-state index is 4.36. The van der Waals surface area contributed by atoms with E-state index in [2.05, 4.69) is 68.7 Å². The van der Waals surface area contributed by atoms with Gasteiger partial charge in [0.25, 0.3) is 0 Å². The van der Waals surface area contributed by atoms with Crippen molar-refractivity contribution in [2.24, 2.45) is 0 Å². The van der Waals surface area contributed by atoms with Gasteiger partial charge in [0, 0.05) is 36.6 Å². The van der Waals surface area contributed by atoms with E-state index in [0.29, 0.717) is 0 Å². The number of nitrogens with zero attached hydrogens (tertiary/aromatic N) is 1. The van der Waals surface area contributed by atoms with Crippen molar-refractivity contribution in [3.63, 3.8) is 0 Å². The monoisotopic (exact) mass is 324 g/mol. The fourth-order valence-corrected chi connectivity index (χ4v) is 2.74. The minimum absolute atomic E-state index is 0.233. The van der Waals surface area contributed by atoms with Gasteiger partial charge < -0.3 is 10.2 Å². The molecule has 0 radical (unpaired) electrons. The van der Waals surface area contributed by atoms with E-state index >= 15 is 0 Å². The predicted octanol–water partition coefficient (Wildman–Crippen LogP) is 5.96.